The smallest absolute Gasteiger partial charge is 0.393 e. The number of rotatable bonds is 6. The molecule has 2 atom stereocenters. The second kappa shape index (κ2) is 7.84. The Balaban J connectivity index is 2.22. The molecule has 21 heavy (non-hydrogen) atoms. The number of urea groups is 1. The number of aliphatic hydroxyl groups is 1. The first kappa shape index (κ1) is 18.0. The van der Waals surface area contributed by atoms with Gasteiger partial charge in [0.1, 0.15) is 0 Å². The minimum atomic E-state index is -4.17. The molecule has 2 unspecified atom stereocenters. The highest BCUT2D eigenvalue weighted by atomic mass is 19.4. The van der Waals surface area contributed by atoms with Gasteiger partial charge in [0.15, 0.2) is 0 Å². The Hall–Kier alpha value is -1.02. The first-order valence-corrected chi connectivity index (χ1v) is 7.13. The van der Waals surface area contributed by atoms with E-state index in [0.717, 1.165) is 0 Å². The van der Waals surface area contributed by atoms with Crippen molar-refractivity contribution in [3.63, 3.8) is 0 Å². The molecule has 5 nitrogen and oxygen atoms in total. The number of hydrogen-bond acceptors (Lipinski definition) is 3. The van der Waals surface area contributed by atoms with Gasteiger partial charge in [0.05, 0.1) is 12.6 Å². The van der Waals surface area contributed by atoms with Crippen LogP contribution in [0.2, 0.25) is 0 Å². The first-order chi connectivity index (χ1) is 9.67. The van der Waals surface area contributed by atoms with Crippen molar-refractivity contribution in [1.29, 1.82) is 0 Å². The van der Waals surface area contributed by atoms with Crippen molar-refractivity contribution in [2.45, 2.75) is 32.0 Å². The van der Waals surface area contributed by atoms with Crippen LogP contribution in [0, 0.1) is 5.92 Å². The fraction of sp³-hybridized carbons (Fsp3) is 0.923. The number of aliphatic hydroxyl groups excluding tert-OH is 1. The molecule has 0 aliphatic carbocycles. The molecule has 1 aliphatic heterocycles. The van der Waals surface area contributed by atoms with Crippen molar-refractivity contribution < 1.29 is 23.1 Å². The van der Waals surface area contributed by atoms with Crippen molar-refractivity contribution >= 4 is 6.03 Å². The number of likely N-dealkylation sites (tertiary alicyclic amines) is 1. The highest BCUT2D eigenvalue weighted by Gasteiger charge is 2.34. The number of carbonyl (C=O) groups excluding carboxylic acids is 1. The summed E-state index contributed by atoms with van der Waals surface area (Å²) in [6, 6.07) is -0.259. The highest BCUT2D eigenvalue weighted by molar-refractivity contribution is 5.73. The van der Waals surface area contributed by atoms with E-state index in [1.54, 1.807) is 14.0 Å². The summed E-state index contributed by atoms with van der Waals surface area (Å²) in [6.45, 7) is 2.36. The zero-order valence-electron chi connectivity index (χ0n) is 12.5. The van der Waals surface area contributed by atoms with E-state index >= 15 is 0 Å². The van der Waals surface area contributed by atoms with Crippen molar-refractivity contribution in [1.82, 2.24) is 15.1 Å². The van der Waals surface area contributed by atoms with E-state index in [1.807, 2.05) is 0 Å². The zero-order chi connectivity index (χ0) is 16.0. The second-order valence-electron chi connectivity index (χ2n) is 5.75. The number of amides is 2. The van der Waals surface area contributed by atoms with Gasteiger partial charge in [-0.1, -0.05) is 0 Å². The van der Waals surface area contributed by atoms with Gasteiger partial charge in [-0.15, -0.1) is 0 Å². The lowest BCUT2D eigenvalue weighted by Crippen LogP contribution is -2.41. The molecular weight excluding hydrogens is 287 g/mol. The van der Waals surface area contributed by atoms with E-state index in [-0.39, 0.29) is 11.9 Å². The SMILES string of the molecule is CC(O)CCN(C)C(=O)NCC1CCN(CC(F)(F)F)C1. The van der Waals surface area contributed by atoms with Crippen LogP contribution in [-0.2, 0) is 0 Å². The van der Waals surface area contributed by atoms with Gasteiger partial charge in [-0.25, -0.2) is 4.79 Å². The van der Waals surface area contributed by atoms with Gasteiger partial charge in [-0.3, -0.25) is 4.90 Å². The molecule has 0 spiro atoms. The molecule has 0 radical (unpaired) electrons. The third-order valence-electron chi connectivity index (χ3n) is 3.54. The Bertz CT molecular complexity index is 337. The average Bonchev–Trinajstić information content (AvgIpc) is 2.78. The maximum atomic E-state index is 12.3. The quantitative estimate of drug-likeness (QED) is 0.777. The van der Waals surface area contributed by atoms with Crippen LogP contribution >= 0.6 is 0 Å². The van der Waals surface area contributed by atoms with E-state index in [2.05, 4.69) is 5.32 Å². The summed E-state index contributed by atoms with van der Waals surface area (Å²) in [7, 11) is 1.63. The number of halogens is 3. The Morgan fingerprint density at radius 2 is 2.19 bits per heavy atom. The summed E-state index contributed by atoms with van der Waals surface area (Å²) in [5.74, 6) is 0.0569. The Kier molecular flexibility index (Phi) is 6.73. The van der Waals surface area contributed by atoms with E-state index in [1.165, 1.54) is 9.80 Å². The van der Waals surface area contributed by atoms with Crippen LogP contribution in [0.3, 0.4) is 0 Å². The Morgan fingerprint density at radius 3 is 2.76 bits per heavy atom. The third-order valence-corrected chi connectivity index (χ3v) is 3.54. The van der Waals surface area contributed by atoms with E-state index in [4.69, 9.17) is 5.11 Å². The molecule has 2 amide bonds. The van der Waals surface area contributed by atoms with Gasteiger partial charge >= 0.3 is 12.2 Å². The number of nitrogens with zero attached hydrogens (tertiary/aromatic N) is 2. The molecule has 2 N–H and O–H groups in total. The van der Waals surface area contributed by atoms with Crippen molar-refractivity contribution in [3.05, 3.63) is 0 Å². The molecule has 1 rings (SSSR count). The number of carbonyl (C=O) groups is 1. The lowest BCUT2D eigenvalue weighted by molar-refractivity contribution is -0.143. The molecule has 0 aromatic rings. The standard InChI is InChI=1S/C13H24F3N3O2/c1-10(20)3-5-18(2)12(21)17-7-11-4-6-19(8-11)9-13(14,15)16/h10-11,20H,3-9H2,1-2H3,(H,17,21). The molecule has 0 aromatic heterocycles. The Labute approximate surface area is 123 Å². The third kappa shape index (κ3) is 7.52. The van der Waals surface area contributed by atoms with Gasteiger partial charge in [0.25, 0.3) is 0 Å². The van der Waals surface area contributed by atoms with Crippen LogP contribution in [0.5, 0.6) is 0 Å². The number of hydrogen-bond donors (Lipinski definition) is 2. The molecule has 1 fully saturated rings. The summed E-state index contributed by atoms with van der Waals surface area (Å²) < 4.78 is 36.8. The summed E-state index contributed by atoms with van der Waals surface area (Å²) in [5.41, 5.74) is 0. The molecule has 0 bridgehead atoms. The Morgan fingerprint density at radius 1 is 1.52 bits per heavy atom. The van der Waals surface area contributed by atoms with Crippen molar-refractivity contribution in [3.8, 4) is 0 Å². The maximum absolute atomic E-state index is 12.3. The van der Waals surface area contributed by atoms with Gasteiger partial charge in [0.2, 0.25) is 0 Å². The van der Waals surface area contributed by atoms with E-state index in [9.17, 15) is 18.0 Å². The topological polar surface area (TPSA) is 55.8 Å². The summed E-state index contributed by atoms with van der Waals surface area (Å²) in [4.78, 5) is 14.6. The molecule has 124 valence electrons. The van der Waals surface area contributed by atoms with Gasteiger partial charge < -0.3 is 15.3 Å². The molecule has 1 saturated heterocycles. The average molecular weight is 311 g/mol. The monoisotopic (exact) mass is 311 g/mol. The van der Waals surface area contributed by atoms with Crippen LogP contribution in [0.4, 0.5) is 18.0 Å². The lowest BCUT2D eigenvalue weighted by Gasteiger charge is -2.21. The summed E-state index contributed by atoms with van der Waals surface area (Å²) in [5, 5.41) is 11.9. The number of alkyl halides is 3. The van der Waals surface area contributed by atoms with Crippen LogP contribution in [0.1, 0.15) is 19.8 Å². The molecule has 0 aromatic carbocycles. The maximum Gasteiger partial charge on any atom is 0.401 e. The van der Waals surface area contributed by atoms with Crippen LogP contribution in [0.25, 0.3) is 0 Å². The molecule has 1 aliphatic rings. The predicted molar refractivity (Wildman–Crippen MR) is 72.9 cm³/mol. The van der Waals surface area contributed by atoms with Gasteiger partial charge in [0, 0.05) is 26.7 Å². The predicted octanol–water partition coefficient (Wildman–Crippen LogP) is 1.28. The van der Waals surface area contributed by atoms with Crippen molar-refractivity contribution in [2.24, 2.45) is 5.92 Å². The van der Waals surface area contributed by atoms with Gasteiger partial charge in [-0.05, 0) is 32.2 Å². The van der Waals surface area contributed by atoms with E-state index < -0.39 is 18.8 Å². The summed E-state index contributed by atoms with van der Waals surface area (Å²) >= 11 is 0. The molecule has 1 heterocycles. The van der Waals surface area contributed by atoms with E-state index in [0.29, 0.717) is 39.0 Å². The number of nitrogens with one attached hydrogen (secondary N) is 1. The largest absolute Gasteiger partial charge is 0.401 e. The van der Waals surface area contributed by atoms with Crippen molar-refractivity contribution in [2.75, 3.05) is 39.8 Å². The normalized spacial score (nSPS) is 21.3. The summed E-state index contributed by atoms with van der Waals surface area (Å²) in [6.07, 6.45) is -3.48. The first-order valence-electron chi connectivity index (χ1n) is 7.13. The highest BCUT2D eigenvalue weighted by Crippen LogP contribution is 2.22. The molecular formula is C13H24F3N3O2. The minimum Gasteiger partial charge on any atom is -0.393 e. The minimum absolute atomic E-state index is 0.0569. The van der Waals surface area contributed by atoms with Crippen LogP contribution < -0.4 is 5.32 Å². The fourth-order valence-electron chi connectivity index (χ4n) is 2.33. The second-order valence-corrected chi connectivity index (χ2v) is 5.75. The molecule has 8 heteroatoms. The fourth-order valence-corrected chi connectivity index (χ4v) is 2.33. The lowest BCUT2D eigenvalue weighted by atomic mass is 10.1. The zero-order valence-corrected chi connectivity index (χ0v) is 12.5. The van der Waals surface area contributed by atoms with Crippen LogP contribution in [-0.4, -0.2) is 73.0 Å². The van der Waals surface area contributed by atoms with Gasteiger partial charge in [-0.2, -0.15) is 13.2 Å². The molecule has 0 saturated carbocycles. The van der Waals surface area contributed by atoms with Crippen LogP contribution in [0.15, 0.2) is 0 Å².